The quantitative estimate of drug-likeness (QED) is 0.748. The molecule has 90 valence electrons. The summed E-state index contributed by atoms with van der Waals surface area (Å²) in [6, 6.07) is 0.206. The van der Waals surface area contributed by atoms with Crippen molar-refractivity contribution in [3.63, 3.8) is 0 Å². The summed E-state index contributed by atoms with van der Waals surface area (Å²) in [7, 11) is 0. The summed E-state index contributed by atoms with van der Waals surface area (Å²) >= 11 is 3.57. The number of aliphatic hydroxyl groups excluding tert-OH is 1. The highest BCUT2D eigenvalue weighted by Crippen LogP contribution is 2.15. The number of ether oxygens (including phenoxy) is 1. The summed E-state index contributed by atoms with van der Waals surface area (Å²) in [5.41, 5.74) is 0. The van der Waals surface area contributed by atoms with Crippen molar-refractivity contribution < 1.29 is 9.84 Å². The number of hydrogen-bond donors (Lipinski definition) is 1. The molecule has 1 aliphatic heterocycles. The molecule has 1 heterocycles. The van der Waals surface area contributed by atoms with Crippen LogP contribution in [0.1, 0.15) is 19.8 Å². The van der Waals surface area contributed by atoms with Gasteiger partial charge in [-0.3, -0.25) is 4.90 Å². The van der Waals surface area contributed by atoms with Gasteiger partial charge in [0.2, 0.25) is 0 Å². The first kappa shape index (κ1) is 13.4. The third kappa shape index (κ3) is 4.39. The number of halogens is 1. The molecule has 2 unspecified atom stereocenters. The van der Waals surface area contributed by atoms with Gasteiger partial charge in [-0.1, -0.05) is 29.3 Å². The minimum Gasteiger partial charge on any atom is -0.395 e. The van der Waals surface area contributed by atoms with E-state index in [2.05, 4.69) is 27.8 Å². The lowest BCUT2D eigenvalue weighted by molar-refractivity contribution is -0.0326. The smallest absolute Gasteiger partial charge is 0.0644 e. The first-order valence-electron chi connectivity index (χ1n) is 5.80. The maximum Gasteiger partial charge on any atom is 0.0644 e. The van der Waals surface area contributed by atoms with Crippen molar-refractivity contribution >= 4 is 15.9 Å². The molecule has 2 atom stereocenters. The summed E-state index contributed by atoms with van der Waals surface area (Å²) in [5, 5.41) is 10.3. The minimum atomic E-state index is 0.206. The zero-order chi connectivity index (χ0) is 11.1. The maximum absolute atomic E-state index is 9.24. The third-order valence-electron chi connectivity index (χ3n) is 2.97. The lowest BCUT2D eigenvalue weighted by atomic mass is 10.0. The molecule has 0 aromatic rings. The van der Waals surface area contributed by atoms with Gasteiger partial charge in [0.1, 0.15) is 0 Å². The van der Waals surface area contributed by atoms with Gasteiger partial charge in [0, 0.05) is 18.4 Å². The highest BCUT2D eigenvalue weighted by molar-refractivity contribution is 9.09. The second kappa shape index (κ2) is 7.60. The van der Waals surface area contributed by atoms with Crippen LogP contribution in [0.15, 0.2) is 0 Å². The minimum absolute atomic E-state index is 0.206. The average molecular weight is 280 g/mol. The lowest BCUT2D eigenvalue weighted by Crippen LogP contribution is -2.49. The topological polar surface area (TPSA) is 32.7 Å². The molecule has 0 spiro atoms. The average Bonchev–Trinajstić information content (AvgIpc) is 2.29. The Morgan fingerprint density at radius 1 is 1.60 bits per heavy atom. The number of rotatable bonds is 6. The van der Waals surface area contributed by atoms with Crippen LogP contribution in [0.4, 0.5) is 0 Å². The van der Waals surface area contributed by atoms with Gasteiger partial charge in [0.05, 0.1) is 25.9 Å². The van der Waals surface area contributed by atoms with E-state index in [0.717, 1.165) is 25.0 Å². The van der Waals surface area contributed by atoms with Gasteiger partial charge < -0.3 is 9.84 Å². The molecular formula is C11H22BrNO2. The number of hydrogen-bond acceptors (Lipinski definition) is 3. The second-order valence-electron chi connectivity index (χ2n) is 4.22. The molecule has 0 aromatic heterocycles. The van der Waals surface area contributed by atoms with Crippen molar-refractivity contribution in [1.82, 2.24) is 4.90 Å². The van der Waals surface area contributed by atoms with Gasteiger partial charge in [-0.25, -0.2) is 0 Å². The third-order valence-corrected chi connectivity index (χ3v) is 3.88. The van der Waals surface area contributed by atoms with Gasteiger partial charge in [-0.2, -0.15) is 0 Å². The molecule has 4 heteroatoms. The Kier molecular flexibility index (Phi) is 6.81. The van der Waals surface area contributed by atoms with Crippen LogP contribution in [0.2, 0.25) is 0 Å². The first-order chi connectivity index (χ1) is 7.31. The Bertz CT molecular complexity index is 169. The summed E-state index contributed by atoms with van der Waals surface area (Å²) in [4.78, 5) is 2.37. The van der Waals surface area contributed by atoms with E-state index in [4.69, 9.17) is 4.74 Å². The van der Waals surface area contributed by atoms with E-state index in [-0.39, 0.29) is 12.6 Å². The van der Waals surface area contributed by atoms with Crippen LogP contribution < -0.4 is 0 Å². The Hall–Kier alpha value is 0.360. The summed E-state index contributed by atoms with van der Waals surface area (Å²) < 4.78 is 5.37. The zero-order valence-electron chi connectivity index (χ0n) is 9.49. The molecule has 1 N–H and O–H groups in total. The van der Waals surface area contributed by atoms with Crippen molar-refractivity contribution in [1.29, 1.82) is 0 Å². The van der Waals surface area contributed by atoms with Gasteiger partial charge in [-0.15, -0.1) is 0 Å². The van der Waals surface area contributed by atoms with Gasteiger partial charge in [0.25, 0.3) is 0 Å². The summed E-state index contributed by atoms with van der Waals surface area (Å²) in [5.74, 6) is 0.696. The Labute approximate surface area is 101 Å². The molecule has 1 rings (SSSR count). The van der Waals surface area contributed by atoms with Crippen molar-refractivity contribution in [2.45, 2.75) is 25.8 Å². The molecule has 1 aliphatic rings. The van der Waals surface area contributed by atoms with Crippen LogP contribution in [-0.2, 0) is 4.74 Å². The zero-order valence-corrected chi connectivity index (χ0v) is 11.1. The van der Waals surface area contributed by atoms with E-state index < -0.39 is 0 Å². The predicted octanol–water partition coefficient (Wildman–Crippen LogP) is 1.49. The molecule has 0 saturated carbocycles. The van der Waals surface area contributed by atoms with Crippen LogP contribution >= 0.6 is 15.9 Å². The van der Waals surface area contributed by atoms with Crippen molar-refractivity contribution in [3.8, 4) is 0 Å². The molecule has 1 saturated heterocycles. The number of nitrogens with zero attached hydrogens (tertiary/aromatic N) is 1. The van der Waals surface area contributed by atoms with Crippen LogP contribution in [-0.4, -0.2) is 54.3 Å². The lowest BCUT2D eigenvalue weighted by Gasteiger charge is -2.36. The molecular weight excluding hydrogens is 258 g/mol. The first-order valence-corrected chi connectivity index (χ1v) is 6.92. The second-order valence-corrected chi connectivity index (χ2v) is 4.86. The van der Waals surface area contributed by atoms with Crippen LogP contribution in [0.3, 0.4) is 0 Å². The van der Waals surface area contributed by atoms with E-state index in [0.29, 0.717) is 12.5 Å². The van der Waals surface area contributed by atoms with Gasteiger partial charge in [0.15, 0.2) is 0 Å². The predicted molar refractivity (Wildman–Crippen MR) is 65.5 cm³/mol. The van der Waals surface area contributed by atoms with Crippen LogP contribution in [0.5, 0.6) is 0 Å². The molecule has 0 bridgehead atoms. The fourth-order valence-electron chi connectivity index (χ4n) is 2.05. The Morgan fingerprint density at radius 2 is 2.40 bits per heavy atom. The van der Waals surface area contributed by atoms with E-state index in [1.807, 2.05) is 0 Å². The van der Waals surface area contributed by atoms with E-state index in [1.165, 1.54) is 12.8 Å². The highest BCUT2D eigenvalue weighted by atomic mass is 79.9. The molecule has 0 aliphatic carbocycles. The molecule has 15 heavy (non-hydrogen) atoms. The van der Waals surface area contributed by atoms with Crippen LogP contribution in [0.25, 0.3) is 0 Å². The Balaban J connectivity index is 2.38. The van der Waals surface area contributed by atoms with Crippen LogP contribution in [0, 0.1) is 5.92 Å². The van der Waals surface area contributed by atoms with E-state index in [9.17, 15) is 5.11 Å². The maximum atomic E-state index is 9.24. The van der Waals surface area contributed by atoms with E-state index in [1.54, 1.807) is 0 Å². The Morgan fingerprint density at radius 3 is 3.00 bits per heavy atom. The number of aliphatic hydroxyl groups is 1. The summed E-state index contributed by atoms with van der Waals surface area (Å²) in [6.45, 7) is 5.95. The molecule has 0 aromatic carbocycles. The molecule has 0 radical (unpaired) electrons. The van der Waals surface area contributed by atoms with Crippen molar-refractivity contribution in [3.05, 3.63) is 0 Å². The standard InChI is InChI=1S/C11H22BrNO2/c1-2-3-10(6-12)7-13-4-5-15-9-11(13)8-14/h10-11,14H,2-9H2,1H3. The SMILES string of the molecule is CCCC(CBr)CN1CCOCC1CO. The van der Waals surface area contributed by atoms with Crippen molar-refractivity contribution in [2.75, 3.05) is 38.2 Å². The normalized spacial score (nSPS) is 25.4. The fraction of sp³-hybridized carbons (Fsp3) is 1.00. The molecule has 0 amide bonds. The highest BCUT2D eigenvalue weighted by Gasteiger charge is 2.24. The fourth-order valence-corrected chi connectivity index (χ4v) is 2.58. The summed E-state index contributed by atoms with van der Waals surface area (Å²) in [6.07, 6.45) is 2.48. The van der Waals surface area contributed by atoms with Gasteiger partial charge >= 0.3 is 0 Å². The van der Waals surface area contributed by atoms with Gasteiger partial charge in [-0.05, 0) is 12.3 Å². The number of alkyl halides is 1. The molecule has 1 fully saturated rings. The molecule has 3 nitrogen and oxygen atoms in total. The monoisotopic (exact) mass is 279 g/mol. The van der Waals surface area contributed by atoms with Crippen molar-refractivity contribution in [2.24, 2.45) is 5.92 Å². The van der Waals surface area contributed by atoms with E-state index >= 15 is 0 Å². The number of morpholine rings is 1. The largest absolute Gasteiger partial charge is 0.395 e.